The van der Waals surface area contributed by atoms with Crippen molar-refractivity contribution < 1.29 is 19.0 Å². The van der Waals surface area contributed by atoms with Crippen molar-refractivity contribution in [2.24, 2.45) is 0 Å². The summed E-state index contributed by atoms with van der Waals surface area (Å²) < 4.78 is 18.3. The Kier molecular flexibility index (Phi) is 10.4. The zero-order valence-corrected chi connectivity index (χ0v) is 18.2. The second-order valence-corrected chi connectivity index (χ2v) is 7.87. The zero-order valence-electron chi connectivity index (χ0n) is 16.7. The van der Waals surface area contributed by atoms with Gasteiger partial charge >= 0.3 is 5.97 Å². The number of nitrogen functional groups attached to an aromatic ring is 1. The maximum absolute atomic E-state index is 13.1. The molecule has 0 aliphatic heterocycles. The number of hydrogen-bond donors (Lipinski definition) is 3. The van der Waals surface area contributed by atoms with Crippen LogP contribution >= 0.6 is 23.2 Å². The van der Waals surface area contributed by atoms with Crippen LogP contribution in [0.2, 0.25) is 10.0 Å². The maximum atomic E-state index is 13.1. The molecule has 30 heavy (non-hydrogen) atoms. The van der Waals surface area contributed by atoms with Gasteiger partial charge in [-0.3, -0.25) is 4.79 Å². The Morgan fingerprint density at radius 3 is 2.53 bits per heavy atom. The number of rotatable bonds is 12. The number of aliphatic hydroxyl groups is 1. The topological polar surface area (TPSA) is 84.6 Å². The molecule has 2 aromatic carbocycles. The summed E-state index contributed by atoms with van der Waals surface area (Å²) >= 11 is 12.0. The molecular weight excluding hydrogens is 430 g/mol. The van der Waals surface area contributed by atoms with Crippen molar-refractivity contribution in [2.45, 2.75) is 38.2 Å². The highest BCUT2D eigenvalue weighted by Crippen LogP contribution is 2.31. The molecule has 0 amide bonds. The van der Waals surface area contributed by atoms with Crippen LogP contribution in [0.15, 0.2) is 36.4 Å². The lowest BCUT2D eigenvalue weighted by Gasteiger charge is -2.14. The standard InChI is InChI=1S/C22H27Cl2FN2O3/c23-18-12-16(13-19(24)22(18)26)20(28)14-27-8-3-1-2-4-9-30-21(29)11-15-6-5-7-17(25)10-15/h5-7,10,12-13,20,27-28H,1-4,8-9,11,14,26H2. The molecule has 1 atom stereocenters. The van der Waals surface area contributed by atoms with Gasteiger partial charge < -0.3 is 20.9 Å². The number of unbranched alkanes of at least 4 members (excludes halogenated alkanes) is 3. The first-order valence-corrected chi connectivity index (χ1v) is 10.7. The Labute approximate surface area is 186 Å². The van der Waals surface area contributed by atoms with Gasteiger partial charge in [-0.15, -0.1) is 0 Å². The minimum atomic E-state index is -0.724. The average molecular weight is 457 g/mol. The highest BCUT2D eigenvalue weighted by Gasteiger charge is 2.12. The third-order valence-corrected chi connectivity index (χ3v) is 5.20. The second-order valence-electron chi connectivity index (χ2n) is 7.06. The van der Waals surface area contributed by atoms with Crippen LogP contribution in [0.25, 0.3) is 0 Å². The van der Waals surface area contributed by atoms with Gasteiger partial charge in [-0.05, 0) is 54.8 Å². The van der Waals surface area contributed by atoms with Gasteiger partial charge in [0.25, 0.3) is 0 Å². The third-order valence-electron chi connectivity index (χ3n) is 4.57. The number of ether oxygens (including phenoxy) is 1. The first kappa shape index (κ1) is 24.4. The van der Waals surface area contributed by atoms with E-state index in [0.717, 1.165) is 32.2 Å². The highest BCUT2D eigenvalue weighted by atomic mass is 35.5. The summed E-state index contributed by atoms with van der Waals surface area (Å²) in [6, 6.07) is 9.18. The van der Waals surface area contributed by atoms with E-state index in [-0.39, 0.29) is 18.2 Å². The summed E-state index contributed by atoms with van der Waals surface area (Å²) in [5.41, 5.74) is 7.23. The molecule has 0 fully saturated rings. The molecule has 0 saturated heterocycles. The van der Waals surface area contributed by atoms with E-state index in [0.29, 0.717) is 40.0 Å². The van der Waals surface area contributed by atoms with E-state index >= 15 is 0 Å². The lowest BCUT2D eigenvalue weighted by Crippen LogP contribution is -2.22. The molecule has 0 spiro atoms. The van der Waals surface area contributed by atoms with E-state index in [2.05, 4.69) is 5.32 Å². The number of nitrogens with two attached hydrogens (primary N) is 1. The largest absolute Gasteiger partial charge is 0.465 e. The highest BCUT2D eigenvalue weighted by molar-refractivity contribution is 6.38. The number of hydrogen-bond acceptors (Lipinski definition) is 5. The van der Waals surface area contributed by atoms with Crippen LogP contribution in [0.3, 0.4) is 0 Å². The number of aliphatic hydroxyl groups excluding tert-OH is 1. The van der Waals surface area contributed by atoms with Gasteiger partial charge in [0, 0.05) is 6.54 Å². The molecule has 8 heteroatoms. The summed E-state index contributed by atoms with van der Waals surface area (Å²) in [5, 5.41) is 14.1. The molecule has 164 valence electrons. The molecule has 0 radical (unpaired) electrons. The third kappa shape index (κ3) is 8.48. The summed E-state index contributed by atoms with van der Waals surface area (Å²) in [5.74, 6) is -0.707. The molecule has 0 saturated carbocycles. The van der Waals surface area contributed by atoms with Gasteiger partial charge in [0.15, 0.2) is 0 Å². The van der Waals surface area contributed by atoms with Crippen LogP contribution < -0.4 is 11.1 Å². The van der Waals surface area contributed by atoms with Crippen molar-refractivity contribution in [3.8, 4) is 0 Å². The van der Waals surface area contributed by atoms with Gasteiger partial charge in [-0.25, -0.2) is 4.39 Å². The average Bonchev–Trinajstić information content (AvgIpc) is 2.70. The molecule has 2 rings (SSSR count). The van der Waals surface area contributed by atoms with Crippen LogP contribution in [-0.4, -0.2) is 30.8 Å². The second kappa shape index (κ2) is 12.7. The Balaban J connectivity index is 1.50. The minimum Gasteiger partial charge on any atom is -0.465 e. The molecule has 0 aromatic heterocycles. The smallest absolute Gasteiger partial charge is 0.310 e. The van der Waals surface area contributed by atoms with E-state index in [1.54, 1.807) is 24.3 Å². The SMILES string of the molecule is Nc1c(Cl)cc(C(O)CNCCCCCCOC(=O)Cc2cccc(F)c2)cc1Cl. The van der Waals surface area contributed by atoms with Crippen molar-refractivity contribution in [1.82, 2.24) is 5.32 Å². The molecule has 1 unspecified atom stereocenters. The Hall–Kier alpha value is -1.86. The summed E-state index contributed by atoms with van der Waals surface area (Å²) in [4.78, 5) is 11.7. The van der Waals surface area contributed by atoms with Crippen molar-refractivity contribution in [2.75, 3.05) is 25.4 Å². The van der Waals surface area contributed by atoms with Crippen molar-refractivity contribution in [3.63, 3.8) is 0 Å². The first-order chi connectivity index (χ1) is 14.4. The molecule has 0 heterocycles. The monoisotopic (exact) mass is 456 g/mol. The van der Waals surface area contributed by atoms with Crippen molar-refractivity contribution in [1.29, 1.82) is 0 Å². The van der Waals surface area contributed by atoms with E-state index in [4.69, 9.17) is 33.7 Å². The van der Waals surface area contributed by atoms with Crippen molar-refractivity contribution >= 4 is 34.9 Å². The Morgan fingerprint density at radius 2 is 1.83 bits per heavy atom. The number of halogens is 3. The zero-order chi connectivity index (χ0) is 21.9. The normalized spacial score (nSPS) is 12.0. The first-order valence-electron chi connectivity index (χ1n) is 9.90. The quantitative estimate of drug-likeness (QED) is 0.245. The number of carbonyl (C=O) groups excluding carboxylic acids is 1. The molecule has 0 aliphatic carbocycles. The summed E-state index contributed by atoms with van der Waals surface area (Å²) in [7, 11) is 0. The van der Waals surface area contributed by atoms with Crippen LogP contribution in [0.4, 0.5) is 10.1 Å². The number of carbonyl (C=O) groups is 1. The van der Waals surface area contributed by atoms with E-state index in [9.17, 15) is 14.3 Å². The molecular formula is C22H27Cl2FN2O3. The van der Waals surface area contributed by atoms with E-state index < -0.39 is 6.10 Å². The number of esters is 1. The molecule has 4 N–H and O–H groups in total. The van der Waals surface area contributed by atoms with Gasteiger partial charge in [0.1, 0.15) is 5.82 Å². The maximum Gasteiger partial charge on any atom is 0.310 e. The van der Waals surface area contributed by atoms with Crippen LogP contribution in [0.5, 0.6) is 0 Å². The minimum absolute atomic E-state index is 0.0778. The molecule has 2 aromatic rings. The summed E-state index contributed by atoms with van der Waals surface area (Å²) in [6.45, 7) is 1.50. The predicted molar refractivity (Wildman–Crippen MR) is 118 cm³/mol. The fraction of sp³-hybridized carbons (Fsp3) is 0.409. The van der Waals surface area contributed by atoms with Gasteiger partial charge in [0.2, 0.25) is 0 Å². The molecule has 5 nitrogen and oxygen atoms in total. The number of nitrogens with one attached hydrogen (secondary N) is 1. The lowest BCUT2D eigenvalue weighted by atomic mass is 10.1. The Morgan fingerprint density at radius 1 is 1.13 bits per heavy atom. The number of anilines is 1. The van der Waals surface area contributed by atoms with E-state index in [1.807, 2.05) is 0 Å². The molecule has 0 aliphatic rings. The predicted octanol–water partition coefficient (Wildman–Crippen LogP) is 4.68. The van der Waals surface area contributed by atoms with Gasteiger partial charge in [-0.2, -0.15) is 0 Å². The lowest BCUT2D eigenvalue weighted by molar-refractivity contribution is -0.142. The number of benzene rings is 2. The van der Waals surface area contributed by atoms with Crippen LogP contribution in [0, 0.1) is 5.82 Å². The van der Waals surface area contributed by atoms with Crippen LogP contribution in [-0.2, 0) is 16.0 Å². The van der Waals surface area contributed by atoms with Crippen LogP contribution in [0.1, 0.15) is 42.9 Å². The van der Waals surface area contributed by atoms with Crippen molar-refractivity contribution in [3.05, 3.63) is 63.4 Å². The van der Waals surface area contributed by atoms with Gasteiger partial charge in [0.05, 0.1) is 34.9 Å². The molecule has 0 bridgehead atoms. The Bertz CT molecular complexity index is 813. The summed E-state index contributed by atoms with van der Waals surface area (Å²) in [6.07, 6.45) is 2.98. The van der Waals surface area contributed by atoms with Gasteiger partial charge in [-0.1, -0.05) is 48.2 Å². The van der Waals surface area contributed by atoms with E-state index in [1.165, 1.54) is 12.1 Å². The fourth-order valence-corrected chi connectivity index (χ4v) is 3.41. The fourth-order valence-electron chi connectivity index (χ4n) is 2.91.